The Hall–Kier alpha value is -0.0157. The second-order valence-corrected chi connectivity index (χ2v) is 11.5. The Bertz CT molecular complexity index is 588. The SMILES string of the molecule is CC1C(C)C(C)C(C)C1C.[CH3-].[Cl][Ti][Cl].[N-]=C1c2ccccc2CN1C1CCCC1. The van der Waals surface area contributed by atoms with Crippen LogP contribution in [-0.4, -0.2) is 16.8 Å². The smallest absolute Gasteiger partial charge is 0.0235 e. The van der Waals surface area contributed by atoms with Gasteiger partial charge in [-0.25, -0.2) is 0 Å². The number of halogens is 2. The summed E-state index contributed by atoms with van der Waals surface area (Å²) >= 11 is -0.556. The van der Waals surface area contributed by atoms with Crippen LogP contribution in [0.5, 0.6) is 0 Å². The van der Waals surface area contributed by atoms with Gasteiger partial charge in [0.25, 0.3) is 0 Å². The van der Waals surface area contributed by atoms with E-state index in [0.717, 1.165) is 41.7 Å². The first-order valence-corrected chi connectivity index (χ1v) is 15.0. The molecule has 1 aromatic carbocycles. The summed E-state index contributed by atoms with van der Waals surface area (Å²) in [6, 6.07) is 8.73. The summed E-state index contributed by atoms with van der Waals surface area (Å²) in [7, 11) is 9.78. The van der Waals surface area contributed by atoms with Crippen molar-refractivity contribution in [3.8, 4) is 0 Å². The third-order valence-corrected chi connectivity index (χ3v) is 7.78. The summed E-state index contributed by atoms with van der Waals surface area (Å²) in [6.07, 6.45) is 5.09. The molecule has 1 heterocycles. The largest absolute Gasteiger partial charge is 0.464 e. The van der Waals surface area contributed by atoms with E-state index in [1.54, 1.807) is 0 Å². The van der Waals surface area contributed by atoms with Gasteiger partial charge in [-0.05, 0) is 53.3 Å². The predicted octanol–water partition coefficient (Wildman–Crippen LogP) is 7.77. The van der Waals surface area contributed by atoms with Crippen molar-refractivity contribution in [3.63, 3.8) is 0 Å². The molecule has 2 saturated carbocycles. The number of rotatable bonds is 1. The fourth-order valence-corrected chi connectivity index (χ4v) is 5.20. The molecule has 5 heteroatoms. The van der Waals surface area contributed by atoms with Crippen LogP contribution in [0, 0.1) is 37.0 Å². The first-order valence-electron chi connectivity index (χ1n) is 10.7. The molecule has 1 aromatic rings. The monoisotopic (exact) mass is 472 g/mol. The Morgan fingerprint density at radius 2 is 1.28 bits per heavy atom. The number of amidine groups is 1. The van der Waals surface area contributed by atoms with Crippen LogP contribution in [0.1, 0.15) is 71.4 Å². The van der Waals surface area contributed by atoms with E-state index >= 15 is 0 Å². The fourth-order valence-electron chi connectivity index (χ4n) is 5.20. The Balaban J connectivity index is 0.000000264. The topological polar surface area (TPSA) is 25.5 Å². The van der Waals surface area contributed by atoms with Crippen molar-refractivity contribution in [2.45, 2.75) is 72.9 Å². The predicted molar refractivity (Wildman–Crippen MR) is 126 cm³/mol. The molecule has 29 heavy (non-hydrogen) atoms. The van der Waals surface area contributed by atoms with Crippen LogP contribution in [0.15, 0.2) is 24.3 Å². The molecule has 2 fully saturated rings. The molecule has 0 aromatic heterocycles. The Labute approximate surface area is 196 Å². The van der Waals surface area contributed by atoms with Crippen molar-refractivity contribution in [1.82, 2.24) is 4.90 Å². The molecule has 0 spiro atoms. The molecule has 1 aliphatic heterocycles. The summed E-state index contributed by atoms with van der Waals surface area (Å²) in [6.45, 7) is 12.9. The van der Waals surface area contributed by atoms with Crippen molar-refractivity contribution in [2.75, 3.05) is 0 Å². The molecule has 0 amide bonds. The van der Waals surface area contributed by atoms with Gasteiger partial charge in [-0.15, -0.1) is 0 Å². The number of fused-ring (bicyclic) bond motifs is 1. The molecular formula is C24H38Cl2N2Ti-2. The van der Waals surface area contributed by atoms with E-state index in [-0.39, 0.29) is 7.43 Å². The maximum absolute atomic E-state index is 10.1. The zero-order chi connectivity index (χ0) is 20.8. The van der Waals surface area contributed by atoms with Crippen molar-refractivity contribution in [3.05, 3.63) is 48.2 Å². The van der Waals surface area contributed by atoms with E-state index in [0.29, 0.717) is 11.9 Å². The van der Waals surface area contributed by atoms with E-state index in [2.05, 4.69) is 45.6 Å². The second-order valence-electron chi connectivity index (χ2n) is 8.91. The molecular weight excluding hydrogens is 435 g/mol. The van der Waals surface area contributed by atoms with E-state index in [9.17, 15) is 5.41 Å². The van der Waals surface area contributed by atoms with E-state index in [1.807, 2.05) is 18.2 Å². The minimum absolute atomic E-state index is 0. The van der Waals surface area contributed by atoms with Gasteiger partial charge in [0.1, 0.15) is 0 Å². The Kier molecular flexibility index (Phi) is 11.9. The van der Waals surface area contributed by atoms with Gasteiger partial charge in [0.2, 0.25) is 0 Å². The minimum atomic E-state index is -0.556. The summed E-state index contributed by atoms with van der Waals surface area (Å²) < 4.78 is 0. The number of hydrogen-bond donors (Lipinski definition) is 0. The van der Waals surface area contributed by atoms with Crippen molar-refractivity contribution < 1.29 is 17.0 Å². The van der Waals surface area contributed by atoms with Gasteiger partial charge in [0.15, 0.2) is 0 Å². The zero-order valence-electron chi connectivity index (χ0n) is 19.0. The van der Waals surface area contributed by atoms with E-state index in [1.165, 1.54) is 31.2 Å². The minimum Gasteiger partial charge on any atom is -0.464 e. The molecule has 0 atom stereocenters. The van der Waals surface area contributed by atoms with Gasteiger partial charge in [0, 0.05) is 0 Å². The summed E-state index contributed by atoms with van der Waals surface area (Å²) in [5, 5.41) is 10.1. The molecule has 164 valence electrons. The quantitative estimate of drug-likeness (QED) is 0.302. The fraction of sp³-hybridized carbons (Fsp3) is 0.667. The molecule has 4 rings (SSSR count). The molecule has 0 saturated heterocycles. The van der Waals surface area contributed by atoms with Crippen LogP contribution in [0.25, 0.3) is 5.41 Å². The van der Waals surface area contributed by atoms with Crippen LogP contribution in [0.2, 0.25) is 0 Å². The summed E-state index contributed by atoms with van der Waals surface area (Å²) in [5.74, 6) is 5.17. The second kappa shape index (κ2) is 12.7. The van der Waals surface area contributed by atoms with Gasteiger partial charge >= 0.3 is 35.6 Å². The molecule has 0 bridgehead atoms. The molecule has 0 N–H and O–H groups in total. The number of nitrogens with zero attached hydrogens (tertiary/aromatic N) is 2. The Morgan fingerprint density at radius 3 is 1.69 bits per heavy atom. The van der Waals surface area contributed by atoms with E-state index < -0.39 is 17.0 Å². The average Bonchev–Trinajstić information content (AvgIpc) is 3.38. The van der Waals surface area contributed by atoms with Gasteiger partial charge in [-0.1, -0.05) is 90.4 Å². The third kappa shape index (κ3) is 6.48. The Morgan fingerprint density at radius 1 is 0.862 bits per heavy atom. The maximum Gasteiger partial charge on any atom is -0.0235 e. The van der Waals surface area contributed by atoms with Gasteiger partial charge in [-0.3, -0.25) is 0 Å². The normalized spacial score (nSPS) is 30.5. The van der Waals surface area contributed by atoms with Gasteiger partial charge in [0.05, 0.1) is 0 Å². The summed E-state index contributed by atoms with van der Waals surface area (Å²) in [5.41, 5.74) is 2.30. The average molecular weight is 473 g/mol. The first kappa shape index (κ1) is 27.0. The van der Waals surface area contributed by atoms with Crippen molar-refractivity contribution in [2.24, 2.45) is 29.6 Å². The van der Waals surface area contributed by atoms with E-state index in [4.69, 9.17) is 18.6 Å². The molecule has 3 aliphatic rings. The molecule has 2 nitrogen and oxygen atoms in total. The first-order chi connectivity index (χ1) is 13.3. The maximum atomic E-state index is 10.1. The van der Waals surface area contributed by atoms with Gasteiger partial charge in [-0.2, -0.15) is 0 Å². The molecule has 2 aliphatic carbocycles. The van der Waals surface area contributed by atoms with Crippen LogP contribution in [-0.2, 0) is 23.6 Å². The van der Waals surface area contributed by atoms with Gasteiger partial charge < -0.3 is 17.7 Å². The van der Waals surface area contributed by atoms with Crippen LogP contribution in [0.4, 0.5) is 0 Å². The molecule has 0 radical (unpaired) electrons. The number of benzene rings is 1. The zero-order valence-corrected chi connectivity index (χ0v) is 22.0. The molecule has 0 unspecified atom stereocenters. The van der Waals surface area contributed by atoms with Crippen LogP contribution in [0.3, 0.4) is 0 Å². The summed E-state index contributed by atoms with van der Waals surface area (Å²) in [4.78, 5) is 2.18. The van der Waals surface area contributed by atoms with Crippen LogP contribution < -0.4 is 0 Å². The number of hydrogen-bond acceptors (Lipinski definition) is 0. The van der Waals surface area contributed by atoms with Crippen molar-refractivity contribution in [1.29, 1.82) is 0 Å². The standard InChI is InChI=1S/C13H15N2.C10H20.CH3.2ClH.Ti/c14-13-12-8-4-1-5-10(12)9-15(13)11-6-2-3-7-11;1-6-7(2)9(4)10(5)8(6)3;;;;/h1,4-5,8,11H,2-3,6-7,9H2;6-10H,1-5H3;1H3;2*1H;/q-1;;-1;;;+2/p-2. The third-order valence-electron chi connectivity index (χ3n) is 7.78. The van der Waals surface area contributed by atoms with Crippen molar-refractivity contribution >= 4 is 24.4 Å². The van der Waals surface area contributed by atoms with Crippen LogP contribution >= 0.6 is 18.6 Å².